The van der Waals surface area contributed by atoms with E-state index in [9.17, 15) is 4.79 Å². The second kappa shape index (κ2) is 3.52. The van der Waals surface area contributed by atoms with Crippen LogP contribution in [0.25, 0.3) is 5.65 Å². The zero-order chi connectivity index (χ0) is 11.0. The maximum absolute atomic E-state index is 10.7. The highest BCUT2D eigenvalue weighted by Gasteiger charge is 2.22. The Morgan fingerprint density at radius 2 is 2.33 bits per heavy atom. The summed E-state index contributed by atoms with van der Waals surface area (Å²) in [6.07, 6.45) is 1.70. The number of pyridine rings is 1. The molecule has 15 heavy (non-hydrogen) atoms. The van der Waals surface area contributed by atoms with Crippen molar-refractivity contribution in [3.63, 3.8) is 0 Å². The number of aliphatic carboxylic acids is 1. The van der Waals surface area contributed by atoms with Gasteiger partial charge in [0.1, 0.15) is 22.5 Å². The van der Waals surface area contributed by atoms with E-state index in [-0.39, 0.29) is 10.8 Å². The Kier molecular flexibility index (Phi) is 2.34. The van der Waals surface area contributed by atoms with Gasteiger partial charge in [-0.05, 0) is 12.1 Å². The van der Waals surface area contributed by atoms with E-state index in [1.165, 1.54) is 0 Å². The summed E-state index contributed by atoms with van der Waals surface area (Å²) >= 11 is 5.95. The number of hydrogen-bond acceptors (Lipinski definition) is 3. The number of nitrogens with two attached hydrogens (primary N) is 1. The molecule has 2 heterocycles. The van der Waals surface area contributed by atoms with Gasteiger partial charge in [0.2, 0.25) is 0 Å². The van der Waals surface area contributed by atoms with Crippen molar-refractivity contribution in [1.82, 2.24) is 9.38 Å². The molecule has 5 nitrogen and oxygen atoms in total. The van der Waals surface area contributed by atoms with Crippen molar-refractivity contribution in [2.45, 2.75) is 6.04 Å². The fourth-order valence-electron chi connectivity index (χ4n) is 1.30. The first kappa shape index (κ1) is 9.95. The molecule has 0 bridgehead atoms. The minimum Gasteiger partial charge on any atom is -0.480 e. The molecule has 0 aliphatic carbocycles. The molecule has 0 radical (unpaired) electrons. The highest BCUT2D eigenvalue weighted by Crippen LogP contribution is 2.22. The Morgan fingerprint density at radius 3 is 2.93 bits per heavy atom. The molecular formula is C9H8ClN3O2. The van der Waals surface area contributed by atoms with Crippen LogP contribution >= 0.6 is 11.6 Å². The molecule has 0 fully saturated rings. The quantitative estimate of drug-likeness (QED) is 0.801. The largest absolute Gasteiger partial charge is 0.480 e. The predicted molar refractivity (Wildman–Crippen MR) is 54.8 cm³/mol. The van der Waals surface area contributed by atoms with Crippen molar-refractivity contribution in [2.24, 2.45) is 5.73 Å². The number of carboxylic acid groups (broad SMARTS) is 1. The standard InChI is InChI=1S/C9H8ClN3O2/c10-8-7(6(11)9(14)15)12-5-3-1-2-4-13(5)8/h1-4,6H,11H2,(H,14,15). The fourth-order valence-corrected chi connectivity index (χ4v) is 1.60. The van der Waals surface area contributed by atoms with Gasteiger partial charge in [-0.15, -0.1) is 0 Å². The SMILES string of the molecule is NC(C(=O)O)c1nc2ccccn2c1Cl. The Bertz CT molecular complexity index is 523. The second-order valence-electron chi connectivity index (χ2n) is 3.03. The molecule has 0 amide bonds. The summed E-state index contributed by atoms with van der Waals surface area (Å²) < 4.78 is 1.58. The molecule has 78 valence electrons. The van der Waals surface area contributed by atoms with Crippen LogP contribution in [0.2, 0.25) is 5.15 Å². The summed E-state index contributed by atoms with van der Waals surface area (Å²) in [7, 11) is 0. The van der Waals surface area contributed by atoms with Crippen LogP contribution in [0.15, 0.2) is 24.4 Å². The molecule has 1 atom stereocenters. The predicted octanol–water partition coefficient (Wildman–Crippen LogP) is 1.07. The lowest BCUT2D eigenvalue weighted by atomic mass is 10.2. The fraction of sp³-hybridized carbons (Fsp3) is 0.111. The molecule has 6 heteroatoms. The van der Waals surface area contributed by atoms with Gasteiger partial charge in [0.25, 0.3) is 0 Å². The molecule has 1 unspecified atom stereocenters. The Morgan fingerprint density at radius 1 is 1.60 bits per heavy atom. The minimum atomic E-state index is -1.20. The molecule has 2 aromatic rings. The molecule has 0 saturated carbocycles. The van der Waals surface area contributed by atoms with E-state index in [1.807, 2.05) is 0 Å². The van der Waals surface area contributed by atoms with Crippen molar-refractivity contribution >= 4 is 23.2 Å². The lowest BCUT2D eigenvalue weighted by molar-refractivity contribution is -0.138. The first-order chi connectivity index (χ1) is 7.11. The summed E-state index contributed by atoms with van der Waals surface area (Å²) in [6, 6.07) is 4.09. The molecule has 0 spiro atoms. The Hall–Kier alpha value is -1.59. The van der Waals surface area contributed by atoms with Crippen LogP contribution < -0.4 is 5.73 Å². The Balaban J connectivity index is 2.63. The highest BCUT2D eigenvalue weighted by molar-refractivity contribution is 6.30. The van der Waals surface area contributed by atoms with Gasteiger partial charge >= 0.3 is 5.97 Å². The number of halogens is 1. The summed E-state index contributed by atoms with van der Waals surface area (Å²) in [6.45, 7) is 0. The minimum absolute atomic E-state index is 0.176. The normalized spacial score (nSPS) is 12.9. The molecule has 0 aliphatic rings. The molecule has 3 N–H and O–H groups in total. The Labute approximate surface area is 90.1 Å². The van der Waals surface area contributed by atoms with Crippen LogP contribution in [0.1, 0.15) is 11.7 Å². The van der Waals surface area contributed by atoms with Gasteiger partial charge in [0.15, 0.2) is 0 Å². The van der Waals surface area contributed by atoms with Crippen molar-refractivity contribution in [3.8, 4) is 0 Å². The second-order valence-corrected chi connectivity index (χ2v) is 3.39. The number of carboxylic acids is 1. The first-order valence-electron chi connectivity index (χ1n) is 4.22. The van der Waals surface area contributed by atoms with E-state index in [0.717, 1.165) is 0 Å². The first-order valence-corrected chi connectivity index (χ1v) is 4.60. The van der Waals surface area contributed by atoms with E-state index < -0.39 is 12.0 Å². The van der Waals surface area contributed by atoms with Crippen LogP contribution in [0.5, 0.6) is 0 Å². The van der Waals surface area contributed by atoms with Gasteiger partial charge in [-0.1, -0.05) is 17.7 Å². The van der Waals surface area contributed by atoms with Crippen molar-refractivity contribution in [2.75, 3.05) is 0 Å². The molecule has 0 saturated heterocycles. The summed E-state index contributed by atoms with van der Waals surface area (Å²) in [4.78, 5) is 14.8. The lowest BCUT2D eigenvalue weighted by Crippen LogP contribution is -2.21. The average molecular weight is 226 g/mol. The van der Waals surface area contributed by atoms with Crippen LogP contribution in [-0.2, 0) is 4.79 Å². The molecule has 0 aromatic carbocycles. The summed E-state index contributed by atoms with van der Waals surface area (Å²) in [5, 5.41) is 8.99. The van der Waals surface area contributed by atoms with Crippen molar-refractivity contribution in [1.29, 1.82) is 0 Å². The molecule has 2 rings (SSSR count). The van der Waals surface area contributed by atoms with Crippen molar-refractivity contribution in [3.05, 3.63) is 35.2 Å². The third kappa shape index (κ3) is 1.55. The highest BCUT2D eigenvalue weighted by atomic mass is 35.5. The van der Waals surface area contributed by atoms with Gasteiger partial charge in [0, 0.05) is 6.20 Å². The lowest BCUT2D eigenvalue weighted by Gasteiger charge is -2.01. The van der Waals surface area contributed by atoms with Crippen molar-refractivity contribution < 1.29 is 9.90 Å². The number of hydrogen-bond donors (Lipinski definition) is 2. The van der Waals surface area contributed by atoms with Gasteiger partial charge in [-0.25, -0.2) is 4.98 Å². The van der Waals surface area contributed by atoms with E-state index >= 15 is 0 Å². The number of fused-ring (bicyclic) bond motifs is 1. The summed E-state index contributed by atoms with van der Waals surface area (Å²) in [5.41, 5.74) is 6.20. The van der Waals surface area contributed by atoms with E-state index in [1.54, 1.807) is 28.8 Å². The topological polar surface area (TPSA) is 80.6 Å². The van der Waals surface area contributed by atoms with E-state index in [4.69, 9.17) is 22.4 Å². The van der Waals surface area contributed by atoms with Crippen LogP contribution in [-0.4, -0.2) is 20.5 Å². The zero-order valence-electron chi connectivity index (χ0n) is 7.59. The average Bonchev–Trinajstić information content (AvgIpc) is 2.56. The number of carbonyl (C=O) groups is 1. The van der Waals surface area contributed by atoms with E-state index in [0.29, 0.717) is 5.65 Å². The molecule has 0 aliphatic heterocycles. The molecule has 2 aromatic heterocycles. The van der Waals surface area contributed by atoms with Gasteiger partial charge in [-0.3, -0.25) is 9.20 Å². The third-order valence-corrected chi connectivity index (χ3v) is 2.43. The van der Waals surface area contributed by atoms with E-state index in [2.05, 4.69) is 4.98 Å². The van der Waals surface area contributed by atoms with Crippen LogP contribution in [0, 0.1) is 0 Å². The maximum atomic E-state index is 10.7. The number of imidazole rings is 1. The van der Waals surface area contributed by atoms with Gasteiger partial charge in [0.05, 0.1) is 0 Å². The molecular weight excluding hydrogens is 218 g/mol. The van der Waals surface area contributed by atoms with Gasteiger partial charge in [-0.2, -0.15) is 0 Å². The monoisotopic (exact) mass is 225 g/mol. The smallest absolute Gasteiger partial charge is 0.326 e. The zero-order valence-corrected chi connectivity index (χ0v) is 8.35. The van der Waals surface area contributed by atoms with Crippen LogP contribution in [0.3, 0.4) is 0 Å². The number of nitrogens with zero attached hydrogens (tertiary/aromatic N) is 2. The summed E-state index contributed by atoms with van der Waals surface area (Å²) in [5.74, 6) is -1.15. The third-order valence-electron chi connectivity index (χ3n) is 2.06. The number of aromatic nitrogens is 2. The maximum Gasteiger partial charge on any atom is 0.326 e. The van der Waals surface area contributed by atoms with Gasteiger partial charge < -0.3 is 10.8 Å². The number of rotatable bonds is 2. The van der Waals surface area contributed by atoms with Crippen LogP contribution in [0.4, 0.5) is 0 Å².